The van der Waals surface area contributed by atoms with Crippen LogP contribution in [0.1, 0.15) is 12.5 Å². The van der Waals surface area contributed by atoms with Gasteiger partial charge in [-0.15, -0.1) is 0 Å². The van der Waals surface area contributed by atoms with Gasteiger partial charge in [-0.3, -0.25) is 4.57 Å². The summed E-state index contributed by atoms with van der Waals surface area (Å²) < 4.78 is 33.0. The zero-order valence-corrected chi connectivity index (χ0v) is 17.9. The summed E-state index contributed by atoms with van der Waals surface area (Å²) in [4.78, 5) is 14.1. The zero-order valence-electron chi connectivity index (χ0n) is 17.9. The van der Waals surface area contributed by atoms with Crippen molar-refractivity contribution in [2.45, 2.75) is 25.7 Å². The molecule has 4 aromatic rings. The molecule has 3 heterocycles. The van der Waals surface area contributed by atoms with Crippen LogP contribution in [0.5, 0.6) is 23.5 Å². The maximum Gasteiger partial charge on any atom is 0.415 e. The fourth-order valence-electron chi connectivity index (χ4n) is 3.43. The van der Waals surface area contributed by atoms with E-state index in [4.69, 9.17) is 14.2 Å². The second kappa shape index (κ2) is 8.42. The van der Waals surface area contributed by atoms with Gasteiger partial charge < -0.3 is 24.3 Å². The molecule has 0 amide bonds. The summed E-state index contributed by atoms with van der Waals surface area (Å²) in [5, 5.41) is 22.3. The topological polar surface area (TPSA) is 132 Å². The number of ether oxygens (including phenoxy) is 3. The Balaban J connectivity index is 1.22. The lowest BCUT2D eigenvalue weighted by Crippen LogP contribution is -2.38. The van der Waals surface area contributed by atoms with Crippen molar-refractivity contribution in [2.75, 3.05) is 6.61 Å². The summed E-state index contributed by atoms with van der Waals surface area (Å²) in [6.45, 7) is 1.87. The largest absolute Gasteiger partial charge is 0.489 e. The lowest BCUT2D eigenvalue weighted by Gasteiger charge is -2.22. The highest BCUT2D eigenvalue weighted by Crippen LogP contribution is 2.31. The first kappa shape index (κ1) is 21.3. The van der Waals surface area contributed by atoms with E-state index in [2.05, 4.69) is 20.5 Å². The second-order valence-electron chi connectivity index (χ2n) is 7.85. The molecule has 0 N–H and O–H groups in total. The third-order valence-corrected chi connectivity index (χ3v) is 5.11. The van der Waals surface area contributed by atoms with Gasteiger partial charge in [0.2, 0.25) is 0 Å². The molecule has 0 aliphatic carbocycles. The first-order valence-corrected chi connectivity index (χ1v) is 10.2. The number of hydrogen-bond donors (Lipinski definition) is 0. The first-order valence-electron chi connectivity index (χ1n) is 10.2. The average molecular weight is 467 g/mol. The van der Waals surface area contributed by atoms with Gasteiger partial charge in [0.15, 0.2) is 5.60 Å². The summed E-state index contributed by atoms with van der Waals surface area (Å²) in [6.07, 6.45) is 1.34. The maximum absolute atomic E-state index is 12.7. The van der Waals surface area contributed by atoms with Gasteiger partial charge in [0.25, 0.3) is 0 Å². The number of benzene rings is 2. The Morgan fingerprint density at radius 2 is 1.91 bits per heavy atom. The SMILES string of the molecule is C[C@]1(COc2ccc(-n3nnnc3Oc3ccc(CF)cc3)cc2)Cn2cc([N+](=O)[O-])nc2O1. The lowest BCUT2D eigenvalue weighted by atomic mass is 10.1. The molecule has 0 fully saturated rings. The van der Waals surface area contributed by atoms with Crippen molar-refractivity contribution in [1.82, 2.24) is 29.8 Å². The van der Waals surface area contributed by atoms with Gasteiger partial charge >= 0.3 is 17.8 Å². The molecule has 0 unspecified atom stereocenters. The summed E-state index contributed by atoms with van der Waals surface area (Å²) in [7, 11) is 0. The Kier molecular flexibility index (Phi) is 5.28. The van der Waals surface area contributed by atoms with Crippen molar-refractivity contribution < 1.29 is 23.5 Å². The Labute approximate surface area is 191 Å². The molecule has 174 valence electrons. The number of fused-ring (bicyclic) bond motifs is 1. The number of rotatable bonds is 8. The zero-order chi connectivity index (χ0) is 23.7. The van der Waals surface area contributed by atoms with Gasteiger partial charge in [-0.25, -0.2) is 4.39 Å². The van der Waals surface area contributed by atoms with E-state index in [9.17, 15) is 14.5 Å². The van der Waals surface area contributed by atoms with E-state index in [0.717, 1.165) is 0 Å². The first-order chi connectivity index (χ1) is 16.4. The molecule has 0 radical (unpaired) electrons. The van der Waals surface area contributed by atoms with E-state index in [1.54, 1.807) is 53.1 Å². The maximum atomic E-state index is 12.7. The van der Waals surface area contributed by atoms with E-state index < -0.39 is 17.2 Å². The molecule has 0 bridgehead atoms. The number of alkyl halides is 1. The normalized spacial score (nSPS) is 16.6. The van der Waals surface area contributed by atoms with Crippen LogP contribution in [0.4, 0.5) is 10.2 Å². The molecule has 0 spiro atoms. The minimum absolute atomic E-state index is 0.150. The van der Waals surface area contributed by atoms with Crippen LogP contribution in [0.3, 0.4) is 0 Å². The van der Waals surface area contributed by atoms with Crippen LogP contribution in [0.2, 0.25) is 0 Å². The minimum Gasteiger partial charge on any atom is -0.489 e. The van der Waals surface area contributed by atoms with E-state index in [-0.39, 0.29) is 24.4 Å². The molecule has 2 aromatic carbocycles. The van der Waals surface area contributed by atoms with Crippen LogP contribution in [0.25, 0.3) is 5.69 Å². The van der Waals surface area contributed by atoms with Crippen LogP contribution < -0.4 is 14.2 Å². The van der Waals surface area contributed by atoms with Crippen LogP contribution in [0, 0.1) is 10.1 Å². The highest BCUT2D eigenvalue weighted by molar-refractivity contribution is 5.39. The molecule has 5 rings (SSSR count). The van der Waals surface area contributed by atoms with E-state index in [1.807, 2.05) is 6.92 Å². The van der Waals surface area contributed by atoms with Crippen molar-refractivity contribution in [3.8, 4) is 29.2 Å². The van der Waals surface area contributed by atoms with Crippen molar-refractivity contribution in [2.24, 2.45) is 0 Å². The number of imidazole rings is 1. The monoisotopic (exact) mass is 467 g/mol. The van der Waals surface area contributed by atoms with E-state index in [1.165, 1.54) is 10.9 Å². The molecule has 1 aliphatic rings. The van der Waals surface area contributed by atoms with E-state index in [0.29, 0.717) is 29.3 Å². The Hall–Kier alpha value is -4.55. The molecule has 2 aromatic heterocycles. The number of hydrogen-bond acceptors (Lipinski definition) is 9. The summed E-state index contributed by atoms with van der Waals surface area (Å²) >= 11 is 0. The van der Waals surface area contributed by atoms with Crippen LogP contribution in [-0.2, 0) is 13.2 Å². The molecular weight excluding hydrogens is 449 g/mol. The predicted octanol–water partition coefficient (Wildman–Crippen LogP) is 3.26. The molecule has 0 saturated heterocycles. The Morgan fingerprint density at radius 3 is 2.59 bits per heavy atom. The van der Waals surface area contributed by atoms with Gasteiger partial charge in [-0.05, 0) is 64.2 Å². The van der Waals surface area contributed by atoms with Crippen LogP contribution in [0.15, 0.2) is 54.7 Å². The average Bonchev–Trinajstić information content (AvgIpc) is 3.53. The Bertz CT molecular complexity index is 1300. The standard InChI is InChI=1S/C21H18FN7O5/c1-21(12-27-11-18(29(30)31)23-19(27)34-21)13-32-16-8-4-15(5-9-16)28-20(24-25-26-28)33-17-6-2-14(10-22)3-7-17/h2-9,11H,10,12-13H2,1H3/t21-/m1/s1. The molecule has 13 heteroatoms. The summed E-state index contributed by atoms with van der Waals surface area (Å²) in [5.41, 5.74) is 0.471. The predicted molar refractivity (Wildman–Crippen MR) is 114 cm³/mol. The molecule has 34 heavy (non-hydrogen) atoms. The van der Waals surface area contributed by atoms with E-state index >= 15 is 0 Å². The van der Waals surface area contributed by atoms with Crippen LogP contribution >= 0.6 is 0 Å². The van der Waals surface area contributed by atoms with Crippen molar-refractivity contribution in [1.29, 1.82) is 0 Å². The van der Waals surface area contributed by atoms with Gasteiger partial charge in [-0.1, -0.05) is 17.2 Å². The molecule has 12 nitrogen and oxygen atoms in total. The Morgan fingerprint density at radius 1 is 1.18 bits per heavy atom. The van der Waals surface area contributed by atoms with Crippen molar-refractivity contribution in [3.63, 3.8) is 0 Å². The third kappa shape index (κ3) is 4.22. The highest BCUT2D eigenvalue weighted by Gasteiger charge is 2.41. The smallest absolute Gasteiger partial charge is 0.415 e. The van der Waals surface area contributed by atoms with Crippen LogP contribution in [-0.4, -0.2) is 46.9 Å². The number of aromatic nitrogens is 6. The third-order valence-electron chi connectivity index (χ3n) is 5.11. The van der Waals surface area contributed by atoms with Gasteiger partial charge in [0.1, 0.15) is 31.0 Å². The van der Waals surface area contributed by atoms with Gasteiger partial charge in [0.05, 0.1) is 12.2 Å². The quantitative estimate of drug-likeness (QED) is 0.283. The fraction of sp³-hybridized carbons (Fsp3) is 0.238. The number of halogens is 1. The minimum atomic E-state index is -0.718. The molecule has 0 saturated carbocycles. The number of tetrazole rings is 1. The lowest BCUT2D eigenvalue weighted by molar-refractivity contribution is -0.389. The fourth-order valence-corrected chi connectivity index (χ4v) is 3.43. The van der Waals surface area contributed by atoms with Gasteiger partial charge in [0, 0.05) is 4.98 Å². The molecular formula is C21H18FN7O5. The van der Waals surface area contributed by atoms with Crippen molar-refractivity contribution >= 4 is 5.82 Å². The second-order valence-corrected chi connectivity index (χ2v) is 7.85. The molecule has 1 atom stereocenters. The summed E-state index contributed by atoms with van der Waals surface area (Å²) in [5.74, 6) is 0.807. The molecule has 1 aliphatic heterocycles. The highest BCUT2D eigenvalue weighted by atomic mass is 19.1. The summed E-state index contributed by atoms with van der Waals surface area (Å²) in [6, 6.07) is 13.9. The number of nitro groups is 1. The van der Waals surface area contributed by atoms with Crippen molar-refractivity contribution in [3.05, 3.63) is 70.4 Å². The number of nitrogens with zero attached hydrogens (tertiary/aromatic N) is 7. The van der Waals surface area contributed by atoms with Gasteiger partial charge in [-0.2, -0.15) is 4.68 Å².